The molecular formula is C28H38F3N5O4Si. The molecule has 0 saturated carbocycles. The number of hydrogen-bond acceptors (Lipinski definition) is 6. The first kappa shape index (κ1) is 30.8. The van der Waals surface area contributed by atoms with Crippen molar-refractivity contribution in [1.82, 2.24) is 19.8 Å². The number of ether oxygens (including phenoxy) is 3. The number of halogens is 3. The lowest BCUT2D eigenvalue weighted by molar-refractivity contribution is -0.136. The van der Waals surface area contributed by atoms with Gasteiger partial charge in [0.25, 0.3) is 0 Å². The summed E-state index contributed by atoms with van der Waals surface area (Å²) in [5.74, 6) is 0.399. The molecule has 1 aliphatic heterocycles. The Morgan fingerprint density at radius 2 is 1.90 bits per heavy atom. The van der Waals surface area contributed by atoms with Gasteiger partial charge >= 0.3 is 12.2 Å². The summed E-state index contributed by atoms with van der Waals surface area (Å²) in [6.45, 7) is 13.1. The van der Waals surface area contributed by atoms with Crippen molar-refractivity contribution < 1.29 is 32.2 Å². The van der Waals surface area contributed by atoms with Crippen LogP contribution in [0.5, 0.6) is 11.5 Å². The molecule has 2 amide bonds. The van der Waals surface area contributed by atoms with Gasteiger partial charge in [0.05, 0.1) is 24.2 Å². The Morgan fingerprint density at radius 3 is 2.59 bits per heavy atom. The maximum absolute atomic E-state index is 14.1. The topological polar surface area (TPSA) is 89.9 Å². The molecule has 3 heterocycles. The molecule has 0 radical (unpaired) electrons. The number of nitrogens with zero attached hydrogens (tertiary/aromatic N) is 3. The van der Waals surface area contributed by atoms with E-state index in [4.69, 9.17) is 14.2 Å². The number of alkyl halides is 3. The van der Waals surface area contributed by atoms with Crippen LogP contribution in [0.4, 0.5) is 23.7 Å². The quantitative estimate of drug-likeness (QED) is 0.212. The Labute approximate surface area is 239 Å². The van der Waals surface area contributed by atoms with Crippen LogP contribution >= 0.6 is 0 Å². The van der Waals surface area contributed by atoms with Gasteiger partial charge in [0, 0.05) is 58.9 Å². The van der Waals surface area contributed by atoms with E-state index >= 15 is 0 Å². The van der Waals surface area contributed by atoms with Gasteiger partial charge in [-0.2, -0.15) is 13.2 Å². The zero-order valence-corrected chi connectivity index (χ0v) is 24.9. The van der Waals surface area contributed by atoms with Gasteiger partial charge in [-0.15, -0.1) is 0 Å². The van der Waals surface area contributed by atoms with E-state index in [1.165, 1.54) is 16.8 Å². The molecule has 0 unspecified atom stereocenters. The second-order valence-corrected chi connectivity index (χ2v) is 16.9. The number of aryl methyl sites for hydroxylation is 1. The molecule has 0 aliphatic carbocycles. The molecule has 41 heavy (non-hydrogen) atoms. The molecule has 3 aromatic rings. The van der Waals surface area contributed by atoms with Gasteiger partial charge < -0.3 is 29.4 Å². The highest BCUT2D eigenvalue weighted by Crippen LogP contribution is 2.41. The van der Waals surface area contributed by atoms with E-state index < -0.39 is 19.8 Å². The number of anilines is 1. The average molecular weight is 594 g/mol. The number of pyridine rings is 1. The number of hydrogen-bond donors (Lipinski definition) is 2. The predicted octanol–water partition coefficient (Wildman–Crippen LogP) is 5.92. The van der Waals surface area contributed by atoms with Crippen LogP contribution in [0.3, 0.4) is 0 Å². The lowest BCUT2D eigenvalue weighted by Gasteiger charge is -2.26. The zero-order valence-electron chi connectivity index (χ0n) is 23.9. The molecular weight excluding hydrogens is 555 g/mol. The minimum absolute atomic E-state index is 0.0350. The van der Waals surface area contributed by atoms with E-state index in [0.29, 0.717) is 43.4 Å². The Hall–Kier alpha value is -3.13. The van der Waals surface area contributed by atoms with Gasteiger partial charge in [-0.05, 0) is 42.8 Å². The van der Waals surface area contributed by atoms with Crippen molar-refractivity contribution in [3.05, 3.63) is 47.8 Å². The smallest absolute Gasteiger partial charge is 0.418 e. The number of amides is 2. The van der Waals surface area contributed by atoms with Crippen LogP contribution in [-0.4, -0.2) is 74.6 Å². The average Bonchev–Trinajstić information content (AvgIpc) is 3.28. The van der Waals surface area contributed by atoms with Gasteiger partial charge in [-0.3, -0.25) is 4.90 Å². The molecule has 1 fully saturated rings. The molecule has 9 nitrogen and oxygen atoms in total. The van der Waals surface area contributed by atoms with Crippen LogP contribution in [0.25, 0.3) is 11.0 Å². The van der Waals surface area contributed by atoms with Gasteiger partial charge in [0.15, 0.2) is 0 Å². The normalized spacial score (nSPS) is 14.8. The van der Waals surface area contributed by atoms with Crippen LogP contribution in [0.1, 0.15) is 11.1 Å². The van der Waals surface area contributed by atoms with Crippen LogP contribution in [0, 0.1) is 6.92 Å². The Bertz CT molecular complexity index is 1340. The number of carbonyl (C=O) groups is 1. The van der Waals surface area contributed by atoms with Crippen LogP contribution < -0.4 is 15.4 Å². The highest BCUT2D eigenvalue weighted by Gasteiger charge is 2.36. The van der Waals surface area contributed by atoms with Crippen molar-refractivity contribution >= 4 is 30.8 Å². The standard InChI is InChI=1S/C28H38F3N5O4Si/c1-20-17-21(34-27(37)33-9-10-35-11-13-38-14-12-35)5-6-23(20)40-24-7-8-32-26-25(24)22(28(29,30)31)18-36(26)19-39-15-16-41(2,3)4/h5-8,17-18H,9-16,19H2,1-4H3,(H2,33,34,37). The first-order valence-electron chi connectivity index (χ1n) is 13.7. The lowest BCUT2D eigenvalue weighted by atomic mass is 10.2. The van der Waals surface area contributed by atoms with E-state index in [9.17, 15) is 18.0 Å². The summed E-state index contributed by atoms with van der Waals surface area (Å²) in [6.07, 6.45) is -2.17. The lowest BCUT2D eigenvalue weighted by Crippen LogP contribution is -2.42. The second kappa shape index (κ2) is 13.2. The Morgan fingerprint density at radius 1 is 1.15 bits per heavy atom. The number of fused-ring (bicyclic) bond motifs is 1. The third-order valence-electron chi connectivity index (χ3n) is 6.72. The molecule has 224 valence electrons. The second-order valence-electron chi connectivity index (χ2n) is 11.3. The largest absolute Gasteiger partial charge is 0.456 e. The summed E-state index contributed by atoms with van der Waals surface area (Å²) in [6, 6.07) is 6.95. The van der Waals surface area contributed by atoms with Crippen molar-refractivity contribution in [3.8, 4) is 11.5 Å². The number of nitrogens with one attached hydrogen (secondary N) is 2. The van der Waals surface area contributed by atoms with Gasteiger partial charge in [-0.1, -0.05) is 19.6 Å². The highest BCUT2D eigenvalue weighted by atomic mass is 28.3. The fourth-order valence-electron chi connectivity index (χ4n) is 4.41. The van der Waals surface area contributed by atoms with Gasteiger partial charge in [0.2, 0.25) is 0 Å². The summed E-state index contributed by atoms with van der Waals surface area (Å²) in [4.78, 5) is 18.8. The van der Waals surface area contributed by atoms with Gasteiger partial charge in [0.1, 0.15) is 23.9 Å². The molecule has 0 atom stereocenters. The van der Waals surface area contributed by atoms with E-state index in [2.05, 4.69) is 40.2 Å². The first-order valence-corrected chi connectivity index (χ1v) is 17.4. The molecule has 2 aromatic heterocycles. The molecule has 0 bridgehead atoms. The maximum Gasteiger partial charge on any atom is 0.418 e. The molecule has 2 N–H and O–H groups in total. The summed E-state index contributed by atoms with van der Waals surface area (Å²) >= 11 is 0. The fourth-order valence-corrected chi connectivity index (χ4v) is 5.17. The Balaban J connectivity index is 1.45. The minimum atomic E-state index is -4.61. The molecule has 13 heteroatoms. The van der Waals surface area contributed by atoms with E-state index in [0.717, 1.165) is 31.9 Å². The molecule has 0 spiro atoms. The first-order chi connectivity index (χ1) is 19.4. The third-order valence-corrected chi connectivity index (χ3v) is 8.43. The molecule has 1 aliphatic rings. The fraction of sp³-hybridized carbons (Fsp3) is 0.500. The van der Waals surface area contributed by atoms with Crippen molar-refractivity contribution in [3.63, 3.8) is 0 Å². The maximum atomic E-state index is 14.1. The summed E-state index contributed by atoms with van der Waals surface area (Å²) in [7, 11) is -1.34. The number of rotatable bonds is 11. The van der Waals surface area contributed by atoms with Crippen molar-refractivity contribution in [2.24, 2.45) is 0 Å². The van der Waals surface area contributed by atoms with E-state index in [1.54, 1.807) is 25.1 Å². The minimum Gasteiger partial charge on any atom is -0.456 e. The van der Waals surface area contributed by atoms with Crippen LogP contribution in [-0.2, 0) is 22.4 Å². The summed E-state index contributed by atoms with van der Waals surface area (Å²) in [5.41, 5.74) is 0.474. The van der Waals surface area contributed by atoms with Gasteiger partial charge in [-0.25, -0.2) is 9.78 Å². The third kappa shape index (κ3) is 8.68. The van der Waals surface area contributed by atoms with Crippen LogP contribution in [0.2, 0.25) is 25.7 Å². The highest BCUT2D eigenvalue weighted by molar-refractivity contribution is 6.76. The van der Waals surface area contributed by atoms with Crippen LogP contribution in [0.15, 0.2) is 36.7 Å². The predicted molar refractivity (Wildman–Crippen MR) is 154 cm³/mol. The number of benzene rings is 1. The molecule has 1 saturated heterocycles. The van der Waals surface area contributed by atoms with E-state index in [1.807, 2.05) is 0 Å². The number of carbonyl (C=O) groups excluding carboxylic acids is 1. The number of morpholine rings is 1. The number of urea groups is 1. The van der Waals surface area contributed by atoms with Crippen molar-refractivity contribution in [2.75, 3.05) is 51.3 Å². The summed E-state index contributed by atoms with van der Waals surface area (Å²) < 4.78 is 60.6. The SMILES string of the molecule is Cc1cc(NC(=O)NCCN2CCOCC2)ccc1Oc1ccnc2c1c(C(F)(F)F)cn2COCC[Si](C)(C)C. The van der Waals surface area contributed by atoms with Crippen molar-refractivity contribution in [2.45, 2.75) is 45.5 Å². The summed E-state index contributed by atoms with van der Waals surface area (Å²) in [5, 5.41) is 5.49. The molecule has 1 aromatic carbocycles. The van der Waals surface area contributed by atoms with Crippen molar-refractivity contribution in [1.29, 1.82) is 0 Å². The Kier molecular flexibility index (Phi) is 9.95. The molecule has 4 rings (SSSR count). The monoisotopic (exact) mass is 593 g/mol. The number of aromatic nitrogens is 2. The zero-order chi connectivity index (χ0) is 29.6. The van der Waals surface area contributed by atoms with E-state index in [-0.39, 0.29) is 29.5 Å².